The van der Waals surface area contributed by atoms with Gasteiger partial charge in [-0.25, -0.2) is 0 Å². The SMILES string of the molecule is CCC(C(N)=O)N1CCCC1CC(O)c1ccccc1. The molecule has 3 atom stereocenters. The van der Waals surface area contributed by atoms with Gasteiger partial charge in [-0.2, -0.15) is 0 Å². The molecule has 0 radical (unpaired) electrons. The molecule has 1 aromatic rings. The van der Waals surface area contributed by atoms with Crippen molar-refractivity contribution in [3.63, 3.8) is 0 Å². The number of nitrogens with zero attached hydrogens (tertiary/aromatic N) is 1. The fourth-order valence-electron chi connectivity index (χ4n) is 3.19. The molecule has 0 spiro atoms. The lowest BCUT2D eigenvalue weighted by molar-refractivity contribution is -0.124. The van der Waals surface area contributed by atoms with E-state index in [1.165, 1.54) is 0 Å². The van der Waals surface area contributed by atoms with Gasteiger partial charge in [0.25, 0.3) is 0 Å². The van der Waals surface area contributed by atoms with Crippen molar-refractivity contribution in [1.29, 1.82) is 0 Å². The molecule has 1 amide bonds. The number of rotatable bonds is 6. The molecule has 110 valence electrons. The molecular formula is C16H24N2O2. The van der Waals surface area contributed by atoms with E-state index >= 15 is 0 Å². The molecule has 2 rings (SSSR count). The largest absolute Gasteiger partial charge is 0.388 e. The number of aliphatic hydroxyl groups is 1. The molecule has 1 saturated heterocycles. The van der Waals surface area contributed by atoms with E-state index in [0.29, 0.717) is 6.42 Å². The Bertz CT molecular complexity index is 435. The number of hydrogen-bond acceptors (Lipinski definition) is 3. The Balaban J connectivity index is 2.02. The monoisotopic (exact) mass is 276 g/mol. The minimum atomic E-state index is -0.479. The van der Waals surface area contributed by atoms with Crippen molar-refractivity contribution in [3.8, 4) is 0 Å². The Kier molecular flexibility index (Phi) is 5.15. The Morgan fingerprint density at radius 3 is 2.75 bits per heavy atom. The summed E-state index contributed by atoms with van der Waals surface area (Å²) in [6.45, 7) is 2.88. The lowest BCUT2D eigenvalue weighted by atomic mass is 9.99. The highest BCUT2D eigenvalue weighted by Gasteiger charge is 2.33. The summed E-state index contributed by atoms with van der Waals surface area (Å²) in [6, 6.07) is 9.73. The van der Waals surface area contributed by atoms with Crippen LogP contribution in [-0.4, -0.2) is 34.5 Å². The van der Waals surface area contributed by atoms with Gasteiger partial charge < -0.3 is 10.8 Å². The van der Waals surface area contributed by atoms with Crippen molar-refractivity contribution in [3.05, 3.63) is 35.9 Å². The minimum Gasteiger partial charge on any atom is -0.388 e. The third-order valence-electron chi connectivity index (χ3n) is 4.22. The summed E-state index contributed by atoms with van der Waals surface area (Å²) in [5.41, 5.74) is 6.42. The zero-order chi connectivity index (χ0) is 14.5. The summed E-state index contributed by atoms with van der Waals surface area (Å²) in [5.74, 6) is -0.256. The van der Waals surface area contributed by atoms with Gasteiger partial charge in [-0.1, -0.05) is 37.3 Å². The number of nitrogens with two attached hydrogens (primary N) is 1. The van der Waals surface area contributed by atoms with Crippen LogP contribution in [0, 0.1) is 0 Å². The molecule has 3 unspecified atom stereocenters. The summed E-state index contributed by atoms with van der Waals surface area (Å²) in [5, 5.41) is 10.3. The molecule has 1 aliphatic heterocycles. The standard InChI is InChI=1S/C16H24N2O2/c1-2-14(16(17)20)18-10-6-9-13(18)11-15(19)12-7-4-3-5-8-12/h3-5,7-8,13-15,19H,2,6,9-11H2,1H3,(H2,17,20). The number of primary amides is 1. The van der Waals surface area contributed by atoms with E-state index in [9.17, 15) is 9.90 Å². The van der Waals surface area contributed by atoms with Crippen LogP contribution in [0.4, 0.5) is 0 Å². The summed E-state index contributed by atoms with van der Waals surface area (Å²) in [7, 11) is 0. The van der Waals surface area contributed by atoms with Gasteiger partial charge in [-0.15, -0.1) is 0 Å². The first-order chi connectivity index (χ1) is 9.63. The van der Waals surface area contributed by atoms with Crippen LogP contribution in [0.25, 0.3) is 0 Å². The first-order valence-electron chi connectivity index (χ1n) is 7.41. The first kappa shape index (κ1) is 15.0. The molecule has 0 aromatic heterocycles. The van der Waals surface area contributed by atoms with Crippen molar-refractivity contribution in [1.82, 2.24) is 4.90 Å². The quantitative estimate of drug-likeness (QED) is 0.833. The van der Waals surface area contributed by atoms with E-state index < -0.39 is 6.10 Å². The predicted octanol–water partition coefficient (Wildman–Crippen LogP) is 1.84. The van der Waals surface area contributed by atoms with Gasteiger partial charge in [-0.05, 0) is 37.8 Å². The van der Waals surface area contributed by atoms with Crippen LogP contribution in [-0.2, 0) is 4.79 Å². The summed E-state index contributed by atoms with van der Waals surface area (Å²) >= 11 is 0. The third-order valence-corrected chi connectivity index (χ3v) is 4.22. The normalized spacial score (nSPS) is 22.6. The number of carbonyl (C=O) groups is 1. The maximum absolute atomic E-state index is 11.5. The molecule has 1 aromatic carbocycles. The van der Waals surface area contributed by atoms with Crippen molar-refractivity contribution in [2.45, 2.75) is 50.8 Å². The van der Waals surface area contributed by atoms with E-state index in [4.69, 9.17) is 5.73 Å². The first-order valence-corrected chi connectivity index (χ1v) is 7.41. The van der Waals surface area contributed by atoms with Gasteiger partial charge in [0, 0.05) is 6.04 Å². The summed E-state index contributed by atoms with van der Waals surface area (Å²) in [6.07, 6.45) is 3.00. The number of amides is 1. The van der Waals surface area contributed by atoms with Crippen molar-refractivity contribution in [2.24, 2.45) is 5.73 Å². The second-order valence-electron chi connectivity index (χ2n) is 5.52. The molecule has 3 N–H and O–H groups in total. The van der Waals surface area contributed by atoms with Gasteiger partial charge in [0.1, 0.15) is 0 Å². The van der Waals surface area contributed by atoms with Crippen LogP contribution in [0.1, 0.15) is 44.3 Å². The van der Waals surface area contributed by atoms with Gasteiger partial charge in [0.2, 0.25) is 5.91 Å². The Morgan fingerprint density at radius 1 is 1.45 bits per heavy atom. The van der Waals surface area contributed by atoms with Gasteiger partial charge in [-0.3, -0.25) is 9.69 Å². The zero-order valence-electron chi connectivity index (χ0n) is 12.0. The number of carbonyl (C=O) groups excluding carboxylic acids is 1. The van der Waals surface area contributed by atoms with Crippen LogP contribution >= 0.6 is 0 Å². The third kappa shape index (κ3) is 3.38. The van der Waals surface area contributed by atoms with Crippen LogP contribution in [0.5, 0.6) is 0 Å². The van der Waals surface area contributed by atoms with Crippen molar-refractivity contribution >= 4 is 5.91 Å². The molecule has 4 heteroatoms. The lowest BCUT2D eigenvalue weighted by Crippen LogP contribution is -2.47. The Morgan fingerprint density at radius 2 is 2.15 bits per heavy atom. The highest BCUT2D eigenvalue weighted by molar-refractivity contribution is 5.79. The number of aliphatic hydroxyl groups excluding tert-OH is 1. The zero-order valence-corrected chi connectivity index (χ0v) is 12.0. The molecule has 0 saturated carbocycles. The second-order valence-corrected chi connectivity index (χ2v) is 5.52. The van der Waals surface area contributed by atoms with Gasteiger partial charge in [0.05, 0.1) is 12.1 Å². The second kappa shape index (κ2) is 6.86. The summed E-state index contributed by atoms with van der Waals surface area (Å²) in [4.78, 5) is 13.7. The average Bonchev–Trinajstić information content (AvgIpc) is 2.88. The summed E-state index contributed by atoms with van der Waals surface area (Å²) < 4.78 is 0. The number of benzene rings is 1. The lowest BCUT2D eigenvalue weighted by Gasteiger charge is -2.31. The molecule has 1 aliphatic rings. The smallest absolute Gasteiger partial charge is 0.234 e. The van der Waals surface area contributed by atoms with Crippen molar-refractivity contribution in [2.75, 3.05) is 6.54 Å². The van der Waals surface area contributed by atoms with E-state index in [2.05, 4.69) is 4.90 Å². The topological polar surface area (TPSA) is 66.6 Å². The number of hydrogen-bond donors (Lipinski definition) is 2. The molecule has 0 aliphatic carbocycles. The Hall–Kier alpha value is -1.39. The van der Waals surface area contributed by atoms with Crippen LogP contribution in [0.15, 0.2) is 30.3 Å². The Labute approximate surface area is 120 Å². The molecule has 0 bridgehead atoms. The van der Waals surface area contributed by atoms with Gasteiger partial charge >= 0.3 is 0 Å². The molecule has 1 heterocycles. The number of likely N-dealkylation sites (tertiary alicyclic amines) is 1. The maximum Gasteiger partial charge on any atom is 0.234 e. The maximum atomic E-state index is 11.5. The molecular weight excluding hydrogens is 252 g/mol. The average molecular weight is 276 g/mol. The minimum absolute atomic E-state index is 0.203. The predicted molar refractivity (Wildman–Crippen MR) is 79.0 cm³/mol. The highest BCUT2D eigenvalue weighted by atomic mass is 16.3. The van der Waals surface area contributed by atoms with E-state index in [-0.39, 0.29) is 18.0 Å². The van der Waals surface area contributed by atoms with E-state index in [1.54, 1.807) is 0 Å². The fourth-order valence-corrected chi connectivity index (χ4v) is 3.19. The molecule has 20 heavy (non-hydrogen) atoms. The fraction of sp³-hybridized carbons (Fsp3) is 0.562. The van der Waals surface area contributed by atoms with Crippen LogP contribution in [0.2, 0.25) is 0 Å². The van der Waals surface area contributed by atoms with Crippen molar-refractivity contribution < 1.29 is 9.90 Å². The molecule has 4 nitrogen and oxygen atoms in total. The molecule has 1 fully saturated rings. The highest BCUT2D eigenvalue weighted by Crippen LogP contribution is 2.29. The van der Waals surface area contributed by atoms with E-state index in [0.717, 1.165) is 31.4 Å². The van der Waals surface area contributed by atoms with E-state index in [1.807, 2.05) is 37.3 Å². The van der Waals surface area contributed by atoms with Crippen LogP contribution in [0.3, 0.4) is 0 Å². The van der Waals surface area contributed by atoms with Crippen LogP contribution < -0.4 is 5.73 Å². The van der Waals surface area contributed by atoms with Gasteiger partial charge in [0.15, 0.2) is 0 Å².